The third-order valence-electron chi connectivity index (χ3n) is 4.75. The molecule has 0 N–H and O–H groups in total. The Morgan fingerprint density at radius 1 is 0.933 bits per heavy atom. The first-order valence-corrected chi connectivity index (χ1v) is 9.03. The Labute approximate surface area is 174 Å². The van der Waals surface area contributed by atoms with Gasteiger partial charge in [0.1, 0.15) is 0 Å². The van der Waals surface area contributed by atoms with Crippen molar-refractivity contribution in [2.45, 2.75) is 42.7 Å². The van der Waals surface area contributed by atoms with E-state index in [1.807, 2.05) is 0 Å². The fraction of sp³-hybridized carbons (Fsp3) is 0.368. The molecule has 2 rings (SSSR count). The van der Waals surface area contributed by atoms with E-state index in [4.69, 9.17) is 0 Å². The molecule has 1 aliphatic carbocycles. The number of benzene rings is 1. The van der Waals surface area contributed by atoms with Crippen LogP contribution in [0.3, 0.4) is 0 Å². The normalized spacial score (nSPS) is 22.6. The van der Waals surface area contributed by atoms with Crippen LogP contribution < -0.4 is 0 Å². The van der Waals surface area contributed by atoms with Crippen LogP contribution in [0.2, 0.25) is 0 Å². The maximum Gasteiger partial charge on any atom is 0.457 e. The predicted molar refractivity (Wildman–Crippen MR) is 93.4 cm³/mol. The molecule has 0 heterocycles. The highest BCUT2D eigenvalue weighted by Gasteiger charge is 2.87. The van der Waals surface area contributed by atoms with Gasteiger partial charge in [-0.1, -0.05) is 58.8 Å². The van der Waals surface area contributed by atoms with Gasteiger partial charge in [-0.15, -0.1) is 0 Å². The van der Waals surface area contributed by atoms with Crippen molar-refractivity contribution in [3.8, 4) is 6.07 Å². The lowest BCUT2D eigenvalue weighted by molar-refractivity contribution is -0.392. The fourth-order valence-corrected chi connectivity index (χ4v) is 4.02. The minimum atomic E-state index is -6.88. The quantitative estimate of drug-likeness (QED) is 0.401. The van der Waals surface area contributed by atoms with Crippen molar-refractivity contribution >= 4 is 15.9 Å². The molecule has 0 aliphatic heterocycles. The molecular formula is C19H12BrF9N. The molecule has 30 heavy (non-hydrogen) atoms. The maximum absolute atomic E-state index is 15.8. The van der Waals surface area contributed by atoms with Crippen molar-refractivity contribution in [3.63, 3.8) is 0 Å². The van der Waals surface area contributed by atoms with Crippen molar-refractivity contribution in [2.24, 2.45) is 0 Å². The van der Waals surface area contributed by atoms with E-state index in [2.05, 4.69) is 15.9 Å². The second-order valence-electron chi connectivity index (χ2n) is 6.50. The van der Waals surface area contributed by atoms with Crippen LogP contribution in [0, 0.1) is 17.8 Å². The zero-order chi connectivity index (χ0) is 23.2. The van der Waals surface area contributed by atoms with E-state index >= 15 is 4.39 Å². The maximum atomic E-state index is 15.8. The van der Waals surface area contributed by atoms with E-state index in [0.29, 0.717) is 6.08 Å². The van der Waals surface area contributed by atoms with E-state index in [1.54, 1.807) is 0 Å². The third-order valence-corrected chi connectivity index (χ3v) is 5.21. The minimum absolute atomic E-state index is 0.106. The van der Waals surface area contributed by atoms with Crippen molar-refractivity contribution in [1.82, 2.24) is 0 Å². The van der Waals surface area contributed by atoms with Gasteiger partial charge in [-0.25, -0.2) is 4.39 Å². The summed E-state index contributed by atoms with van der Waals surface area (Å²) < 4.78 is 125. The number of allylic oxidation sites excluding steroid dienone is 4. The van der Waals surface area contributed by atoms with Gasteiger partial charge in [-0.05, 0) is 18.1 Å². The minimum Gasteiger partial charge on any atom is -0.225 e. The van der Waals surface area contributed by atoms with Gasteiger partial charge in [0, 0.05) is 10.9 Å². The van der Waals surface area contributed by atoms with Crippen molar-refractivity contribution in [1.29, 1.82) is 5.26 Å². The second kappa shape index (κ2) is 7.62. The SMILES string of the molecule is CCC1=CC(c2ccccc2C#N)(C(F)(C(F)(F)F)C(F)(F)C(F)(F)F)C=C(Br)[CH]1. The summed E-state index contributed by atoms with van der Waals surface area (Å²) in [6.07, 6.45) is -11.9. The Hall–Kier alpha value is -1.96. The summed E-state index contributed by atoms with van der Waals surface area (Å²) in [5, 5.41) is 9.26. The first kappa shape index (κ1) is 24.3. The summed E-state index contributed by atoms with van der Waals surface area (Å²) >= 11 is 2.79. The molecule has 2 atom stereocenters. The Bertz CT molecular complexity index is 923. The number of rotatable bonds is 4. The summed E-state index contributed by atoms with van der Waals surface area (Å²) in [5.41, 5.74) is -11.7. The van der Waals surface area contributed by atoms with Gasteiger partial charge >= 0.3 is 18.3 Å². The number of hydrogen-bond donors (Lipinski definition) is 0. The number of alkyl halides is 9. The van der Waals surface area contributed by atoms with Gasteiger partial charge in [0.2, 0.25) is 0 Å². The predicted octanol–water partition coefficient (Wildman–Crippen LogP) is 7.10. The molecule has 1 radical (unpaired) electrons. The molecule has 0 aromatic heterocycles. The third kappa shape index (κ3) is 3.43. The second-order valence-corrected chi connectivity index (χ2v) is 7.42. The fourth-order valence-electron chi connectivity index (χ4n) is 3.37. The van der Waals surface area contributed by atoms with Gasteiger partial charge in [0.05, 0.1) is 17.0 Å². The standard InChI is InChI=1S/C19H12BrF9N/c1-2-11-7-13(20)9-15(8-11,14-6-4-3-5-12(14)10-30)16(21,18(24,25)26)17(22,23)19(27,28)29/h3-9H,2H2,1H3. The number of halogens is 10. The lowest BCUT2D eigenvalue weighted by Gasteiger charge is -2.48. The molecule has 1 nitrogen and oxygen atoms in total. The highest BCUT2D eigenvalue weighted by atomic mass is 79.9. The average molecular weight is 505 g/mol. The molecule has 11 heteroatoms. The van der Waals surface area contributed by atoms with Gasteiger partial charge < -0.3 is 0 Å². The average Bonchev–Trinajstić information content (AvgIpc) is 2.64. The largest absolute Gasteiger partial charge is 0.457 e. The first-order valence-electron chi connectivity index (χ1n) is 8.23. The molecule has 0 saturated carbocycles. The van der Waals surface area contributed by atoms with Gasteiger partial charge in [0.25, 0.3) is 5.67 Å². The van der Waals surface area contributed by atoms with Crippen LogP contribution in [-0.2, 0) is 5.41 Å². The van der Waals surface area contributed by atoms with Gasteiger partial charge in [-0.3, -0.25) is 0 Å². The van der Waals surface area contributed by atoms with E-state index < -0.39 is 40.5 Å². The van der Waals surface area contributed by atoms with Crippen molar-refractivity contribution in [2.75, 3.05) is 0 Å². The zero-order valence-electron chi connectivity index (χ0n) is 15.0. The Morgan fingerprint density at radius 2 is 1.50 bits per heavy atom. The van der Waals surface area contributed by atoms with Crippen LogP contribution in [0.5, 0.6) is 0 Å². The van der Waals surface area contributed by atoms with Crippen LogP contribution in [0.1, 0.15) is 24.5 Å². The van der Waals surface area contributed by atoms with E-state index in [-0.39, 0.29) is 22.6 Å². The number of nitriles is 1. The summed E-state index contributed by atoms with van der Waals surface area (Å²) in [6, 6.07) is 5.23. The molecule has 0 saturated heterocycles. The Kier molecular flexibility index (Phi) is 6.18. The molecule has 1 aromatic carbocycles. The first-order chi connectivity index (χ1) is 13.6. The number of hydrogen-bond acceptors (Lipinski definition) is 1. The monoisotopic (exact) mass is 504 g/mol. The molecule has 0 bridgehead atoms. The van der Waals surface area contributed by atoms with Gasteiger partial charge in [-0.2, -0.15) is 40.4 Å². The highest BCUT2D eigenvalue weighted by Crippen LogP contribution is 2.63. The van der Waals surface area contributed by atoms with Crippen molar-refractivity contribution in [3.05, 3.63) is 64.0 Å². The molecular weight excluding hydrogens is 493 g/mol. The molecule has 1 aromatic rings. The number of nitrogens with zero attached hydrogens (tertiary/aromatic N) is 1. The smallest absolute Gasteiger partial charge is 0.225 e. The van der Waals surface area contributed by atoms with Crippen LogP contribution >= 0.6 is 15.9 Å². The highest BCUT2D eigenvalue weighted by molar-refractivity contribution is 9.11. The Balaban J connectivity index is 3.15. The van der Waals surface area contributed by atoms with Crippen LogP contribution in [0.15, 0.2) is 46.5 Å². The Morgan fingerprint density at radius 3 is 1.97 bits per heavy atom. The van der Waals surface area contributed by atoms with E-state index in [0.717, 1.165) is 30.7 Å². The van der Waals surface area contributed by atoms with Gasteiger partial charge in [0.15, 0.2) is 0 Å². The van der Waals surface area contributed by atoms with Crippen LogP contribution in [-0.4, -0.2) is 23.9 Å². The van der Waals surface area contributed by atoms with Crippen LogP contribution in [0.25, 0.3) is 0 Å². The molecule has 2 unspecified atom stereocenters. The molecule has 1 aliphatic rings. The molecule has 0 spiro atoms. The summed E-state index contributed by atoms with van der Waals surface area (Å²) in [5.74, 6) is -6.86. The lowest BCUT2D eigenvalue weighted by Crippen LogP contribution is -2.71. The molecule has 0 fully saturated rings. The lowest BCUT2D eigenvalue weighted by atomic mass is 9.61. The molecule has 0 amide bonds. The summed E-state index contributed by atoms with van der Waals surface area (Å²) in [6.45, 7) is 1.39. The summed E-state index contributed by atoms with van der Waals surface area (Å²) in [7, 11) is 0. The summed E-state index contributed by atoms with van der Waals surface area (Å²) in [4.78, 5) is 0. The zero-order valence-corrected chi connectivity index (χ0v) is 16.6. The van der Waals surface area contributed by atoms with Crippen LogP contribution in [0.4, 0.5) is 39.5 Å². The van der Waals surface area contributed by atoms with Crippen molar-refractivity contribution < 1.29 is 39.5 Å². The van der Waals surface area contributed by atoms with E-state index in [1.165, 1.54) is 13.0 Å². The van der Waals surface area contributed by atoms with E-state index in [9.17, 15) is 40.4 Å². The molecule has 163 valence electrons. The topological polar surface area (TPSA) is 23.8 Å².